The number of carbonyl (C=O) groups excluding carboxylic acids is 2. The molecule has 0 bridgehead atoms. The predicted octanol–water partition coefficient (Wildman–Crippen LogP) is -1.08. The molecule has 0 aromatic rings. The molecule has 0 aliphatic carbocycles. The zero-order valence-electron chi connectivity index (χ0n) is 11.5. The average molecular weight is 256 g/mol. The van der Waals surface area contributed by atoms with Gasteiger partial charge in [-0.3, -0.25) is 9.59 Å². The van der Waals surface area contributed by atoms with Crippen molar-refractivity contribution in [2.75, 3.05) is 34.2 Å². The van der Waals surface area contributed by atoms with Crippen molar-refractivity contribution >= 4 is 11.8 Å². The molecule has 6 nitrogen and oxygen atoms in total. The van der Waals surface area contributed by atoms with Crippen LogP contribution in [0.5, 0.6) is 0 Å². The minimum absolute atomic E-state index is 0.00887. The summed E-state index contributed by atoms with van der Waals surface area (Å²) in [5.41, 5.74) is 0. The summed E-state index contributed by atoms with van der Waals surface area (Å²) in [5, 5.41) is 8.98. The SMILES string of the molecule is CNC(=O)CCCC(=O)N1CC(NC)C(NC)C1. The van der Waals surface area contributed by atoms with E-state index in [9.17, 15) is 9.59 Å². The Morgan fingerprint density at radius 3 is 2.06 bits per heavy atom. The maximum atomic E-state index is 12.0. The smallest absolute Gasteiger partial charge is 0.222 e. The first-order valence-electron chi connectivity index (χ1n) is 6.45. The Morgan fingerprint density at radius 2 is 1.61 bits per heavy atom. The van der Waals surface area contributed by atoms with Crippen LogP contribution in [0.15, 0.2) is 0 Å². The molecule has 0 spiro atoms. The summed E-state index contributed by atoms with van der Waals surface area (Å²) in [4.78, 5) is 24.9. The molecular formula is C12H24N4O2. The number of rotatable bonds is 6. The van der Waals surface area contributed by atoms with Gasteiger partial charge in [-0.15, -0.1) is 0 Å². The highest BCUT2D eigenvalue weighted by atomic mass is 16.2. The molecule has 1 aliphatic rings. The monoisotopic (exact) mass is 256 g/mol. The molecule has 1 fully saturated rings. The fourth-order valence-electron chi connectivity index (χ4n) is 2.28. The molecular weight excluding hydrogens is 232 g/mol. The molecule has 2 atom stereocenters. The maximum Gasteiger partial charge on any atom is 0.222 e. The molecule has 2 unspecified atom stereocenters. The lowest BCUT2D eigenvalue weighted by molar-refractivity contribution is -0.130. The van der Waals surface area contributed by atoms with Crippen LogP contribution in [0.2, 0.25) is 0 Å². The second kappa shape index (κ2) is 7.33. The van der Waals surface area contributed by atoms with Gasteiger partial charge in [0.05, 0.1) is 0 Å². The van der Waals surface area contributed by atoms with E-state index in [1.54, 1.807) is 7.05 Å². The van der Waals surface area contributed by atoms with Gasteiger partial charge in [-0.1, -0.05) is 0 Å². The van der Waals surface area contributed by atoms with Crippen LogP contribution in [0.25, 0.3) is 0 Å². The number of carbonyl (C=O) groups is 2. The summed E-state index contributed by atoms with van der Waals surface area (Å²) < 4.78 is 0. The van der Waals surface area contributed by atoms with Crippen LogP contribution >= 0.6 is 0 Å². The summed E-state index contributed by atoms with van der Waals surface area (Å²) in [6.45, 7) is 1.47. The Balaban J connectivity index is 2.33. The van der Waals surface area contributed by atoms with Crippen molar-refractivity contribution in [3.05, 3.63) is 0 Å². The van der Waals surface area contributed by atoms with E-state index in [1.165, 1.54) is 0 Å². The zero-order chi connectivity index (χ0) is 13.5. The van der Waals surface area contributed by atoms with Crippen LogP contribution in [0.3, 0.4) is 0 Å². The molecule has 0 saturated carbocycles. The minimum Gasteiger partial charge on any atom is -0.359 e. The lowest BCUT2D eigenvalue weighted by Gasteiger charge is -2.15. The Hall–Kier alpha value is -1.14. The number of likely N-dealkylation sites (tertiary alicyclic amines) is 1. The second-order valence-corrected chi connectivity index (χ2v) is 4.62. The van der Waals surface area contributed by atoms with Gasteiger partial charge in [0.25, 0.3) is 0 Å². The Kier molecular flexibility index (Phi) is 6.07. The molecule has 0 aromatic carbocycles. The van der Waals surface area contributed by atoms with E-state index < -0.39 is 0 Å². The van der Waals surface area contributed by atoms with E-state index in [2.05, 4.69) is 16.0 Å². The Bertz CT molecular complexity index is 284. The fraction of sp³-hybridized carbons (Fsp3) is 0.833. The van der Waals surface area contributed by atoms with Crippen molar-refractivity contribution in [1.29, 1.82) is 0 Å². The maximum absolute atomic E-state index is 12.0. The number of nitrogens with zero attached hydrogens (tertiary/aromatic N) is 1. The van der Waals surface area contributed by atoms with E-state index >= 15 is 0 Å². The highest BCUT2D eigenvalue weighted by Gasteiger charge is 2.32. The van der Waals surface area contributed by atoms with Gasteiger partial charge in [-0.25, -0.2) is 0 Å². The van der Waals surface area contributed by atoms with Crippen LogP contribution in [-0.2, 0) is 9.59 Å². The van der Waals surface area contributed by atoms with E-state index in [1.807, 2.05) is 19.0 Å². The van der Waals surface area contributed by atoms with Crippen LogP contribution in [-0.4, -0.2) is 63.0 Å². The lowest BCUT2D eigenvalue weighted by atomic mass is 10.2. The van der Waals surface area contributed by atoms with Gasteiger partial charge in [0.15, 0.2) is 0 Å². The third-order valence-electron chi connectivity index (χ3n) is 3.49. The molecule has 1 saturated heterocycles. The van der Waals surface area contributed by atoms with Gasteiger partial charge >= 0.3 is 0 Å². The summed E-state index contributed by atoms with van der Waals surface area (Å²) in [5.74, 6) is 0.127. The first-order chi connectivity index (χ1) is 8.62. The van der Waals surface area contributed by atoms with Crippen molar-refractivity contribution in [2.45, 2.75) is 31.3 Å². The van der Waals surface area contributed by atoms with Gasteiger partial charge in [0, 0.05) is 45.1 Å². The molecule has 0 radical (unpaired) electrons. The zero-order valence-corrected chi connectivity index (χ0v) is 11.5. The first kappa shape index (κ1) is 14.9. The molecule has 1 aliphatic heterocycles. The molecule has 6 heteroatoms. The highest BCUT2D eigenvalue weighted by Crippen LogP contribution is 2.12. The van der Waals surface area contributed by atoms with Gasteiger partial charge in [0.2, 0.25) is 11.8 Å². The molecule has 0 aromatic heterocycles. The Labute approximate surface area is 108 Å². The summed E-state index contributed by atoms with van der Waals surface area (Å²) >= 11 is 0. The van der Waals surface area contributed by atoms with E-state index in [0.717, 1.165) is 13.1 Å². The number of hydrogen-bond donors (Lipinski definition) is 3. The summed E-state index contributed by atoms with van der Waals surface area (Å²) in [6, 6.07) is 0.607. The van der Waals surface area contributed by atoms with Gasteiger partial charge in [-0.2, -0.15) is 0 Å². The number of hydrogen-bond acceptors (Lipinski definition) is 4. The van der Waals surface area contributed by atoms with Gasteiger partial charge < -0.3 is 20.9 Å². The largest absolute Gasteiger partial charge is 0.359 e. The third kappa shape index (κ3) is 3.96. The topological polar surface area (TPSA) is 73.5 Å². The molecule has 104 valence electrons. The van der Waals surface area contributed by atoms with E-state index in [0.29, 0.717) is 31.3 Å². The van der Waals surface area contributed by atoms with Crippen molar-refractivity contribution in [3.8, 4) is 0 Å². The minimum atomic E-state index is -0.00887. The van der Waals surface area contributed by atoms with Crippen LogP contribution in [0.1, 0.15) is 19.3 Å². The van der Waals surface area contributed by atoms with Crippen LogP contribution in [0, 0.1) is 0 Å². The number of nitrogens with one attached hydrogen (secondary N) is 3. The van der Waals surface area contributed by atoms with Crippen molar-refractivity contribution in [1.82, 2.24) is 20.9 Å². The predicted molar refractivity (Wildman–Crippen MR) is 70.2 cm³/mol. The van der Waals surface area contributed by atoms with Crippen LogP contribution < -0.4 is 16.0 Å². The molecule has 18 heavy (non-hydrogen) atoms. The second-order valence-electron chi connectivity index (χ2n) is 4.62. The van der Waals surface area contributed by atoms with Crippen molar-refractivity contribution < 1.29 is 9.59 Å². The Morgan fingerprint density at radius 1 is 1.06 bits per heavy atom. The highest BCUT2D eigenvalue weighted by molar-refractivity contribution is 5.79. The number of amides is 2. The summed E-state index contributed by atoms with van der Waals surface area (Å²) in [6.07, 6.45) is 1.48. The average Bonchev–Trinajstić information content (AvgIpc) is 2.81. The molecule has 3 N–H and O–H groups in total. The fourth-order valence-corrected chi connectivity index (χ4v) is 2.28. The number of likely N-dealkylation sites (N-methyl/N-ethyl adjacent to an activating group) is 2. The normalized spacial score (nSPS) is 23.2. The summed E-state index contributed by atoms with van der Waals surface area (Å²) in [7, 11) is 5.43. The molecule has 1 rings (SSSR count). The molecule has 1 heterocycles. The van der Waals surface area contributed by atoms with Crippen molar-refractivity contribution in [3.63, 3.8) is 0 Å². The quantitative estimate of drug-likeness (QED) is 0.565. The molecule has 2 amide bonds. The standard InChI is InChI=1S/C12H24N4O2/c1-13-9-7-16(8-10(9)14-2)12(18)6-4-5-11(17)15-3/h9-10,13-14H,4-8H2,1-3H3,(H,15,17). The third-order valence-corrected chi connectivity index (χ3v) is 3.49. The van der Waals surface area contributed by atoms with Gasteiger partial charge in [-0.05, 0) is 20.5 Å². The van der Waals surface area contributed by atoms with Crippen LogP contribution in [0.4, 0.5) is 0 Å². The first-order valence-corrected chi connectivity index (χ1v) is 6.45. The van der Waals surface area contributed by atoms with E-state index in [4.69, 9.17) is 0 Å². The lowest BCUT2D eigenvalue weighted by Crippen LogP contribution is -2.43. The van der Waals surface area contributed by atoms with Gasteiger partial charge in [0.1, 0.15) is 0 Å². The van der Waals surface area contributed by atoms with Crippen molar-refractivity contribution in [2.24, 2.45) is 0 Å². The van der Waals surface area contributed by atoms with E-state index in [-0.39, 0.29) is 11.8 Å².